The number of esters is 1. The minimum absolute atomic E-state index is 0.0371. The summed E-state index contributed by atoms with van der Waals surface area (Å²) in [4.78, 5) is 31.1. The zero-order valence-corrected chi connectivity index (χ0v) is 11.2. The molecule has 106 valence electrons. The third-order valence-electron chi connectivity index (χ3n) is 2.97. The maximum Gasteiger partial charge on any atom is 0.343 e. The molecule has 1 N–H and O–H groups in total. The largest absolute Gasteiger partial charge is 0.462 e. The van der Waals surface area contributed by atoms with Crippen molar-refractivity contribution in [3.63, 3.8) is 0 Å². The minimum atomic E-state index is -0.647. The van der Waals surface area contributed by atoms with E-state index in [1.54, 1.807) is 25.3 Å². The van der Waals surface area contributed by atoms with Gasteiger partial charge in [0.1, 0.15) is 11.2 Å². The van der Waals surface area contributed by atoms with Crippen LogP contribution >= 0.6 is 0 Å². The highest BCUT2D eigenvalue weighted by molar-refractivity contribution is 5.92. The number of hydrogen-bond donors (Lipinski definition) is 1. The second kappa shape index (κ2) is 5.20. The van der Waals surface area contributed by atoms with Gasteiger partial charge in [0.05, 0.1) is 18.2 Å². The summed E-state index contributed by atoms with van der Waals surface area (Å²) >= 11 is 0. The maximum atomic E-state index is 12.3. The van der Waals surface area contributed by atoms with Crippen LogP contribution in [0.1, 0.15) is 17.3 Å². The Balaban J connectivity index is 2.16. The summed E-state index contributed by atoms with van der Waals surface area (Å²) in [5.74, 6) is -0.0710. The Bertz CT molecular complexity index is 852. The number of hydrogen-bond acceptors (Lipinski definition) is 5. The zero-order valence-electron chi connectivity index (χ0n) is 11.2. The van der Waals surface area contributed by atoms with Crippen LogP contribution in [0.15, 0.2) is 41.6 Å². The second-order valence-electron chi connectivity index (χ2n) is 4.26. The fourth-order valence-corrected chi connectivity index (χ4v) is 2.02. The summed E-state index contributed by atoms with van der Waals surface area (Å²) in [6.07, 6.45) is 4.38. The molecular formula is C14H12N4O3. The second-order valence-corrected chi connectivity index (χ2v) is 4.26. The molecule has 3 rings (SSSR count). The smallest absolute Gasteiger partial charge is 0.343 e. The number of H-pyrrole nitrogens is 1. The van der Waals surface area contributed by atoms with Crippen LogP contribution < -0.4 is 5.43 Å². The molecule has 3 aromatic rings. The lowest BCUT2D eigenvalue weighted by atomic mass is 10.2. The molecule has 0 unspecified atom stereocenters. The Hall–Kier alpha value is -2.96. The van der Waals surface area contributed by atoms with Gasteiger partial charge >= 0.3 is 5.97 Å². The zero-order chi connectivity index (χ0) is 14.8. The van der Waals surface area contributed by atoms with Crippen molar-refractivity contribution in [3.05, 3.63) is 52.6 Å². The number of rotatable bonds is 3. The molecule has 0 bridgehead atoms. The molecule has 0 radical (unpaired) electrons. The number of aromatic nitrogens is 4. The van der Waals surface area contributed by atoms with Crippen molar-refractivity contribution < 1.29 is 9.53 Å². The normalized spacial score (nSPS) is 10.7. The third kappa shape index (κ3) is 2.18. The number of ether oxygens (including phenoxy) is 1. The minimum Gasteiger partial charge on any atom is -0.462 e. The number of carbonyl (C=O) groups is 1. The molecule has 0 atom stereocenters. The molecule has 0 aromatic carbocycles. The van der Waals surface area contributed by atoms with Crippen molar-refractivity contribution in [2.45, 2.75) is 6.92 Å². The predicted molar refractivity (Wildman–Crippen MR) is 75.4 cm³/mol. The Labute approximate surface area is 119 Å². The van der Waals surface area contributed by atoms with Crippen molar-refractivity contribution in [1.82, 2.24) is 19.7 Å². The van der Waals surface area contributed by atoms with Gasteiger partial charge in [-0.05, 0) is 19.1 Å². The van der Waals surface area contributed by atoms with E-state index >= 15 is 0 Å². The molecule has 0 saturated heterocycles. The van der Waals surface area contributed by atoms with Crippen LogP contribution in [0.25, 0.3) is 16.9 Å². The number of pyridine rings is 2. The van der Waals surface area contributed by atoms with Gasteiger partial charge in [0.2, 0.25) is 5.43 Å². The number of nitrogens with one attached hydrogen (secondary N) is 1. The van der Waals surface area contributed by atoms with Gasteiger partial charge in [-0.25, -0.2) is 9.78 Å². The number of carbonyl (C=O) groups excluding carboxylic acids is 1. The Morgan fingerprint density at radius 2 is 2.29 bits per heavy atom. The first kappa shape index (κ1) is 13.0. The number of nitrogens with zero attached hydrogens (tertiary/aromatic N) is 3. The molecule has 7 nitrogen and oxygen atoms in total. The van der Waals surface area contributed by atoms with E-state index in [1.165, 1.54) is 17.1 Å². The van der Waals surface area contributed by atoms with E-state index in [9.17, 15) is 9.59 Å². The third-order valence-corrected chi connectivity index (χ3v) is 2.97. The quantitative estimate of drug-likeness (QED) is 0.732. The van der Waals surface area contributed by atoms with E-state index in [4.69, 9.17) is 4.74 Å². The van der Waals surface area contributed by atoms with Crippen LogP contribution in [0.5, 0.6) is 0 Å². The fourth-order valence-electron chi connectivity index (χ4n) is 2.02. The lowest BCUT2D eigenvalue weighted by molar-refractivity contribution is 0.0524. The number of aromatic amines is 1. The summed E-state index contributed by atoms with van der Waals surface area (Å²) in [5, 5.41) is 4.45. The summed E-state index contributed by atoms with van der Waals surface area (Å²) in [7, 11) is 0. The van der Waals surface area contributed by atoms with Crippen molar-refractivity contribution in [2.24, 2.45) is 0 Å². The highest BCUT2D eigenvalue weighted by Gasteiger charge is 2.17. The summed E-state index contributed by atoms with van der Waals surface area (Å²) in [6.45, 7) is 1.90. The summed E-state index contributed by atoms with van der Waals surface area (Å²) in [5.41, 5.74) is 0.0288. The standard InChI is InChI=1S/C14H12N4O3/c1-2-21-14(20)10-7-16-13-9(12(10)19)8-17-18(13)11-5-3-4-6-15-11/h3-8H,2H2,1H3,(H,16,19). The van der Waals surface area contributed by atoms with Crippen LogP contribution in [-0.2, 0) is 4.74 Å². The van der Waals surface area contributed by atoms with Crippen molar-refractivity contribution in [2.75, 3.05) is 6.61 Å². The molecule has 0 aliphatic heterocycles. The van der Waals surface area contributed by atoms with E-state index in [1.807, 2.05) is 6.07 Å². The SMILES string of the molecule is CCOC(=O)c1c[nH]c2c(cnn2-c2ccccn2)c1=O. The molecule has 0 aliphatic rings. The monoisotopic (exact) mass is 284 g/mol. The molecule has 0 amide bonds. The summed E-state index contributed by atoms with van der Waals surface area (Å²) in [6, 6.07) is 5.38. The maximum absolute atomic E-state index is 12.3. The van der Waals surface area contributed by atoms with Crippen molar-refractivity contribution >= 4 is 17.0 Å². The van der Waals surface area contributed by atoms with Crippen LogP contribution in [0, 0.1) is 0 Å². The molecule has 3 heterocycles. The molecule has 7 heteroatoms. The lowest BCUT2D eigenvalue weighted by Crippen LogP contribution is -2.18. The van der Waals surface area contributed by atoms with E-state index < -0.39 is 11.4 Å². The Morgan fingerprint density at radius 3 is 3.00 bits per heavy atom. The van der Waals surface area contributed by atoms with Crippen LogP contribution in [-0.4, -0.2) is 32.3 Å². The van der Waals surface area contributed by atoms with Gasteiger partial charge in [0.25, 0.3) is 0 Å². The topological polar surface area (TPSA) is 89.9 Å². The van der Waals surface area contributed by atoms with Crippen molar-refractivity contribution in [3.8, 4) is 5.82 Å². The average molecular weight is 284 g/mol. The Morgan fingerprint density at radius 1 is 1.43 bits per heavy atom. The predicted octanol–water partition coefficient (Wildman–Crippen LogP) is 1.29. The molecule has 0 spiro atoms. The van der Waals surface area contributed by atoms with Gasteiger partial charge in [0.15, 0.2) is 5.82 Å². The van der Waals surface area contributed by atoms with Gasteiger partial charge in [-0.2, -0.15) is 9.78 Å². The molecule has 3 aromatic heterocycles. The molecular weight excluding hydrogens is 272 g/mol. The van der Waals surface area contributed by atoms with E-state index in [-0.39, 0.29) is 12.2 Å². The first-order chi connectivity index (χ1) is 10.2. The van der Waals surface area contributed by atoms with Crippen LogP contribution in [0.3, 0.4) is 0 Å². The Kier molecular flexibility index (Phi) is 3.23. The highest BCUT2D eigenvalue weighted by Crippen LogP contribution is 2.12. The van der Waals surface area contributed by atoms with Gasteiger partial charge in [0, 0.05) is 12.4 Å². The highest BCUT2D eigenvalue weighted by atomic mass is 16.5. The first-order valence-corrected chi connectivity index (χ1v) is 6.40. The number of fused-ring (bicyclic) bond motifs is 1. The van der Waals surface area contributed by atoms with Gasteiger partial charge in [-0.1, -0.05) is 6.07 Å². The molecule has 0 fully saturated rings. The van der Waals surface area contributed by atoms with Crippen LogP contribution in [0.2, 0.25) is 0 Å². The molecule has 0 aliphatic carbocycles. The molecule has 0 saturated carbocycles. The van der Waals surface area contributed by atoms with Crippen molar-refractivity contribution in [1.29, 1.82) is 0 Å². The summed E-state index contributed by atoms with van der Waals surface area (Å²) < 4.78 is 6.36. The van der Waals surface area contributed by atoms with Gasteiger partial charge in [-0.15, -0.1) is 0 Å². The van der Waals surface area contributed by atoms with E-state index in [2.05, 4.69) is 15.1 Å². The molecule has 21 heavy (non-hydrogen) atoms. The van der Waals surface area contributed by atoms with Gasteiger partial charge in [-0.3, -0.25) is 4.79 Å². The fraction of sp³-hybridized carbons (Fsp3) is 0.143. The average Bonchev–Trinajstić information content (AvgIpc) is 2.93. The first-order valence-electron chi connectivity index (χ1n) is 6.40. The van der Waals surface area contributed by atoms with Gasteiger partial charge < -0.3 is 9.72 Å². The van der Waals surface area contributed by atoms with E-state index in [0.29, 0.717) is 16.9 Å². The van der Waals surface area contributed by atoms with Crippen LogP contribution in [0.4, 0.5) is 0 Å². The lowest BCUT2D eigenvalue weighted by Gasteiger charge is -2.03. The van der Waals surface area contributed by atoms with E-state index in [0.717, 1.165) is 0 Å².